The normalized spacial score (nSPS) is 10.3. The van der Waals surface area contributed by atoms with Gasteiger partial charge in [0.1, 0.15) is 5.75 Å². The number of methoxy groups -OCH3 is 1. The first-order valence-corrected chi connectivity index (χ1v) is 6.99. The Morgan fingerprint density at radius 1 is 0.957 bits per heavy atom. The summed E-state index contributed by atoms with van der Waals surface area (Å²) in [5.41, 5.74) is 2.09. The van der Waals surface area contributed by atoms with Gasteiger partial charge in [-0.15, -0.1) is 0 Å². The summed E-state index contributed by atoms with van der Waals surface area (Å²) < 4.78 is 5.13. The van der Waals surface area contributed by atoms with Crippen LogP contribution in [0, 0.1) is 0 Å². The van der Waals surface area contributed by atoms with Crippen LogP contribution in [0.15, 0.2) is 60.7 Å². The third-order valence-corrected chi connectivity index (χ3v) is 3.36. The van der Waals surface area contributed by atoms with E-state index in [1.54, 1.807) is 19.2 Å². The summed E-state index contributed by atoms with van der Waals surface area (Å²) in [5.74, 6) is 0.0280. The van der Waals surface area contributed by atoms with Crippen molar-refractivity contribution in [1.82, 2.24) is 9.97 Å². The minimum atomic E-state index is -1.08. The molecule has 5 nitrogen and oxygen atoms in total. The maximum absolute atomic E-state index is 11.4. The molecular formula is C18H14N2O3. The molecule has 0 saturated carbocycles. The molecule has 1 heterocycles. The van der Waals surface area contributed by atoms with Crippen LogP contribution in [-0.2, 0) is 0 Å². The number of carboxylic acid groups (broad SMARTS) is 1. The molecule has 1 aromatic heterocycles. The molecule has 23 heavy (non-hydrogen) atoms. The Hall–Kier alpha value is -3.21. The fourth-order valence-corrected chi connectivity index (χ4v) is 2.18. The van der Waals surface area contributed by atoms with Gasteiger partial charge in [0.15, 0.2) is 11.5 Å². The minimum absolute atomic E-state index is 0.0373. The van der Waals surface area contributed by atoms with Crippen LogP contribution in [0.4, 0.5) is 0 Å². The molecule has 0 spiro atoms. The Morgan fingerprint density at radius 3 is 2.26 bits per heavy atom. The van der Waals surface area contributed by atoms with E-state index in [0.29, 0.717) is 11.5 Å². The zero-order valence-corrected chi connectivity index (χ0v) is 12.4. The van der Waals surface area contributed by atoms with Crippen molar-refractivity contribution in [3.8, 4) is 28.4 Å². The Morgan fingerprint density at radius 2 is 1.65 bits per heavy atom. The smallest absolute Gasteiger partial charge is 0.354 e. The van der Waals surface area contributed by atoms with Crippen LogP contribution in [0.1, 0.15) is 10.5 Å². The third kappa shape index (κ3) is 3.18. The van der Waals surface area contributed by atoms with E-state index < -0.39 is 5.97 Å². The van der Waals surface area contributed by atoms with Gasteiger partial charge >= 0.3 is 5.97 Å². The Labute approximate surface area is 133 Å². The van der Waals surface area contributed by atoms with E-state index in [9.17, 15) is 9.90 Å². The number of aromatic nitrogens is 2. The minimum Gasteiger partial charge on any atom is -0.497 e. The van der Waals surface area contributed by atoms with E-state index in [2.05, 4.69) is 9.97 Å². The molecule has 3 aromatic rings. The number of hydrogen-bond donors (Lipinski definition) is 1. The van der Waals surface area contributed by atoms with Gasteiger partial charge in [0.2, 0.25) is 0 Å². The highest BCUT2D eigenvalue weighted by Crippen LogP contribution is 2.24. The SMILES string of the molecule is COc1ccc(-c2cc(C(=O)O)nc(-c3ccccc3)n2)cc1. The van der Waals surface area contributed by atoms with Crippen molar-refractivity contribution < 1.29 is 14.6 Å². The fraction of sp³-hybridized carbons (Fsp3) is 0.0556. The number of hydrogen-bond acceptors (Lipinski definition) is 4. The second kappa shape index (κ2) is 6.27. The van der Waals surface area contributed by atoms with Crippen molar-refractivity contribution in [1.29, 1.82) is 0 Å². The maximum Gasteiger partial charge on any atom is 0.354 e. The van der Waals surface area contributed by atoms with Crippen LogP contribution in [0.25, 0.3) is 22.6 Å². The van der Waals surface area contributed by atoms with Crippen LogP contribution < -0.4 is 4.74 Å². The lowest BCUT2D eigenvalue weighted by Crippen LogP contribution is -2.04. The summed E-state index contributed by atoms with van der Waals surface area (Å²) in [6.45, 7) is 0. The van der Waals surface area contributed by atoms with E-state index in [1.165, 1.54) is 6.07 Å². The Bertz CT molecular complexity index is 831. The summed E-state index contributed by atoms with van der Waals surface area (Å²) in [5, 5.41) is 9.30. The molecule has 0 aliphatic carbocycles. The van der Waals surface area contributed by atoms with Crippen LogP contribution >= 0.6 is 0 Å². The summed E-state index contributed by atoms with van der Waals surface area (Å²) >= 11 is 0. The molecular weight excluding hydrogens is 292 g/mol. The average molecular weight is 306 g/mol. The van der Waals surface area contributed by atoms with Crippen molar-refractivity contribution in [3.05, 3.63) is 66.4 Å². The first kappa shape index (κ1) is 14.7. The molecule has 2 aromatic carbocycles. The summed E-state index contributed by atoms with van der Waals surface area (Å²) in [6.07, 6.45) is 0. The van der Waals surface area contributed by atoms with Crippen molar-refractivity contribution in [3.63, 3.8) is 0 Å². The van der Waals surface area contributed by atoms with Gasteiger partial charge < -0.3 is 9.84 Å². The number of benzene rings is 2. The van der Waals surface area contributed by atoms with Gasteiger partial charge in [-0.3, -0.25) is 0 Å². The predicted octanol–water partition coefficient (Wildman–Crippen LogP) is 3.52. The molecule has 0 radical (unpaired) electrons. The van der Waals surface area contributed by atoms with Gasteiger partial charge in [0.25, 0.3) is 0 Å². The van der Waals surface area contributed by atoms with Crippen molar-refractivity contribution in [2.24, 2.45) is 0 Å². The molecule has 0 unspecified atom stereocenters. The molecule has 0 fully saturated rings. The molecule has 0 aliphatic rings. The van der Waals surface area contributed by atoms with E-state index in [1.807, 2.05) is 42.5 Å². The standard InChI is InChI=1S/C18H14N2O3/c1-23-14-9-7-12(8-10-14)15-11-16(18(21)22)20-17(19-15)13-5-3-2-4-6-13/h2-11H,1H3,(H,21,22). The predicted molar refractivity (Wildman–Crippen MR) is 86.4 cm³/mol. The molecule has 1 N–H and O–H groups in total. The highest BCUT2D eigenvalue weighted by Gasteiger charge is 2.13. The molecule has 114 valence electrons. The average Bonchev–Trinajstić information content (AvgIpc) is 2.62. The van der Waals surface area contributed by atoms with Gasteiger partial charge in [-0.05, 0) is 30.3 Å². The van der Waals surface area contributed by atoms with Crippen molar-refractivity contribution in [2.45, 2.75) is 0 Å². The van der Waals surface area contributed by atoms with Gasteiger partial charge in [-0.1, -0.05) is 30.3 Å². The van der Waals surface area contributed by atoms with Gasteiger partial charge in [0.05, 0.1) is 12.8 Å². The van der Waals surface area contributed by atoms with Crippen LogP contribution in [0.3, 0.4) is 0 Å². The second-order valence-corrected chi connectivity index (χ2v) is 4.86. The molecule has 0 amide bonds. The molecule has 0 aliphatic heterocycles. The van der Waals surface area contributed by atoms with Crippen molar-refractivity contribution >= 4 is 5.97 Å². The summed E-state index contributed by atoms with van der Waals surface area (Å²) in [6, 6.07) is 18.0. The van der Waals surface area contributed by atoms with Gasteiger partial charge in [-0.2, -0.15) is 0 Å². The monoisotopic (exact) mass is 306 g/mol. The van der Waals surface area contributed by atoms with E-state index in [0.717, 1.165) is 16.9 Å². The Kier molecular flexibility index (Phi) is 4.01. The first-order chi connectivity index (χ1) is 11.2. The number of ether oxygens (including phenoxy) is 1. The fourth-order valence-electron chi connectivity index (χ4n) is 2.18. The lowest BCUT2D eigenvalue weighted by molar-refractivity contribution is 0.0690. The summed E-state index contributed by atoms with van der Waals surface area (Å²) in [7, 11) is 1.59. The zero-order valence-electron chi connectivity index (χ0n) is 12.4. The molecule has 5 heteroatoms. The number of carboxylic acids is 1. The molecule has 0 atom stereocenters. The molecule has 3 rings (SSSR count). The number of nitrogens with zero attached hydrogens (tertiary/aromatic N) is 2. The van der Waals surface area contributed by atoms with Gasteiger partial charge in [0, 0.05) is 11.1 Å². The van der Waals surface area contributed by atoms with Crippen LogP contribution in [-0.4, -0.2) is 28.2 Å². The first-order valence-electron chi connectivity index (χ1n) is 6.99. The Balaban J connectivity index is 2.12. The highest BCUT2D eigenvalue weighted by atomic mass is 16.5. The maximum atomic E-state index is 11.4. The number of rotatable bonds is 4. The quantitative estimate of drug-likeness (QED) is 0.798. The van der Waals surface area contributed by atoms with E-state index in [4.69, 9.17) is 4.74 Å². The van der Waals surface area contributed by atoms with Crippen molar-refractivity contribution in [2.75, 3.05) is 7.11 Å². The topological polar surface area (TPSA) is 72.3 Å². The molecule has 0 bridgehead atoms. The lowest BCUT2D eigenvalue weighted by atomic mass is 10.1. The number of aromatic carboxylic acids is 1. The third-order valence-electron chi connectivity index (χ3n) is 3.36. The van der Waals surface area contributed by atoms with Gasteiger partial charge in [-0.25, -0.2) is 14.8 Å². The van der Waals surface area contributed by atoms with Crippen LogP contribution in [0.2, 0.25) is 0 Å². The second-order valence-electron chi connectivity index (χ2n) is 4.86. The highest BCUT2D eigenvalue weighted by molar-refractivity contribution is 5.87. The summed E-state index contributed by atoms with van der Waals surface area (Å²) in [4.78, 5) is 20.0. The zero-order chi connectivity index (χ0) is 16.2. The van der Waals surface area contributed by atoms with Crippen LogP contribution in [0.5, 0.6) is 5.75 Å². The lowest BCUT2D eigenvalue weighted by Gasteiger charge is -2.07. The van der Waals surface area contributed by atoms with E-state index >= 15 is 0 Å². The largest absolute Gasteiger partial charge is 0.497 e. The number of carbonyl (C=O) groups is 1. The van der Waals surface area contributed by atoms with E-state index in [-0.39, 0.29) is 5.69 Å². The molecule has 0 saturated heterocycles.